The monoisotopic (exact) mass is 284 g/mol. The molecule has 110 valence electrons. The molecule has 0 bridgehead atoms. The van der Waals surface area contributed by atoms with Gasteiger partial charge in [0.2, 0.25) is 5.91 Å². The van der Waals surface area contributed by atoms with E-state index in [9.17, 15) is 19.5 Å². The van der Waals surface area contributed by atoms with Gasteiger partial charge in [-0.2, -0.15) is 4.57 Å². The molecule has 1 aromatic heterocycles. The summed E-state index contributed by atoms with van der Waals surface area (Å²) in [5.41, 5.74) is -1.27. The van der Waals surface area contributed by atoms with Crippen LogP contribution in [0.1, 0.15) is 29.9 Å². The van der Waals surface area contributed by atoms with Crippen LogP contribution in [0.4, 0.5) is 0 Å². The van der Waals surface area contributed by atoms with Crippen LogP contribution in [0.5, 0.6) is 0 Å². The van der Waals surface area contributed by atoms with E-state index in [2.05, 4.69) is 0 Å². The maximum absolute atomic E-state index is 12.2. The highest BCUT2D eigenvalue weighted by Gasteiger charge is 2.35. The molecule has 0 unspecified atom stereocenters. The SMILES string of the molecule is CC(=O)n1c(=O)c(C)cn([C@H]2C[C@H](O)[C@@H](CO)O2)c1=O. The molecule has 0 saturated carbocycles. The van der Waals surface area contributed by atoms with E-state index in [1.54, 1.807) is 0 Å². The van der Waals surface area contributed by atoms with Crippen molar-refractivity contribution in [3.63, 3.8) is 0 Å². The summed E-state index contributed by atoms with van der Waals surface area (Å²) in [5.74, 6) is -0.685. The lowest BCUT2D eigenvalue weighted by Gasteiger charge is -2.16. The Labute approximate surface area is 113 Å². The second-order valence-electron chi connectivity index (χ2n) is 4.78. The second kappa shape index (κ2) is 5.31. The number of carbonyl (C=O) groups is 1. The average Bonchev–Trinajstić information content (AvgIpc) is 2.74. The van der Waals surface area contributed by atoms with Gasteiger partial charge < -0.3 is 14.9 Å². The third-order valence-electron chi connectivity index (χ3n) is 3.29. The molecule has 3 atom stereocenters. The fourth-order valence-electron chi connectivity index (χ4n) is 2.23. The Morgan fingerprint density at radius 3 is 2.65 bits per heavy atom. The fourth-order valence-corrected chi connectivity index (χ4v) is 2.23. The van der Waals surface area contributed by atoms with E-state index in [4.69, 9.17) is 9.84 Å². The summed E-state index contributed by atoms with van der Waals surface area (Å²) in [6.07, 6.45) is -1.12. The Bertz CT molecular complexity index is 646. The van der Waals surface area contributed by atoms with Crippen LogP contribution in [0.15, 0.2) is 15.8 Å². The van der Waals surface area contributed by atoms with Gasteiger partial charge in [-0.25, -0.2) is 4.79 Å². The topological polar surface area (TPSA) is 111 Å². The summed E-state index contributed by atoms with van der Waals surface area (Å²) in [7, 11) is 0. The summed E-state index contributed by atoms with van der Waals surface area (Å²) < 4.78 is 6.98. The van der Waals surface area contributed by atoms with Crippen molar-refractivity contribution in [2.45, 2.75) is 38.7 Å². The number of aromatic nitrogens is 2. The Balaban J connectivity index is 2.52. The molecule has 1 fully saturated rings. The molecule has 0 amide bonds. The summed E-state index contributed by atoms with van der Waals surface area (Å²) in [4.78, 5) is 35.3. The second-order valence-corrected chi connectivity index (χ2v) is 4.78. The van der Waals surface area contributed by atoms with Gasteiger partial charge in [-0.3, -0.25) is 14.2 Å². The zero-order valence-corrected chi connectivity index (χ0v) is 11.1. The first kappa shape index (κ1) is 14.6. The number of aliphatic hydroxyl groups is 2. The van der Waals surface area contributed by atoms with Gasteiger partial charge in [0.1, 0.15) is 12.3 Å². The van der Waals surface area contributed by atoms with Crippen LogP contribution in [0, 0.1) is 6.92 Å². The fraction of sp³-hybridized carbons (Fsp3) is 0.583. The lowest BCUT2D eigenvalue weighted by Crippen LogP contribution is -2.44. The highest BCUT2D eigenvalue weighted by Crippen LogP contribution is 2.27. The van der Waals surface area contributed by atoms with Crippen LogP contribution < -0.4 is 11.2 Å². The molecule has 2 heterocycles. The van der Waals surface area contributed by atoms with Crippen LogP contribution in [0.25, 0.3) is 0 Å². The van der Waals surface area contributed by atoms with E-state index in [1.807, 2.05) is 0 Å². The van der Waals surface area contributed by atoms with Crippen molar-refractivity contribution in [1.29, 1.82) is 0 Å². The number of ether oxygens (including phenoxy) is 1. The normalized spacial score (nSPS) is 25.9. The van der Waals surface area contributed by atoms with Gasteiger partial charge in [-0.05, 0) is 6.92 Å². The lowest BCUT2D eigenvalue weighted by molar-refractivity contribution is -0.0462. The van der Waals surface area contributed by atoms with Crippen molar-refractivity contribution < 1.29 is 19.7 Å². The van der Waals surface area contributed by atoms with Gasteiger partial charge in [0.25, 0.3) is 5.56 Å². The molecule has 8 heteroatoms. The largest absolute Gasteiger partial charge is 0.394 e. The van der Waals surface area contributed by atoms with Crippen LogP contribution in [-0.4, -0.2) is 44.1 Å². The zero-order chi connectivity index (χ0) is 15.0. The third kappa shape index (κ3) is 2.33. The van der Waals surface area contributed by atoms with Crippen molar-refractivity contribution >= 4 is 5.91 Å². The Kier molecular flexibility index (Phi) is 3.89. The van der Waals surface area contributed by atoms with Gasteiger partial charge in [-0.1, -0.05) is 0 Å². The molecular weight excluding hydrogens is 268 g/mol. The quantitative estimate of drug-likeness (QED) is 0.692. The van der Waals surface area contributed by atoms with Gasteiger partial charge in [0.15, 0.2) is 0 Å². The minimum atomic E-state index is -0.907. The van der Waals surface area contributed by atoms with Gasteiger partial charge in [-0.15, -0.1) is 0 Å². The van der Waals surface area contributed by atoms with Crippen molar-refractivity contribution in [2.75, 3.05) is 6.61 Å². The molecule has 0 aromatic carbocycles. The maximum atomic E-state index is 12.2. The minimum absolute atomic E-state index is 0.0979. The van der Waals surface area contributed by atoms with Crippen molar-refractivity contribution in [3.05, 3.63) is 32.6 Å². The van der Waals surface area contributed by atoms with E-state index >= 15 is 0 Å². The first-order valence-corrected chi connectivity index (χ1v) is 6.17. The van der Waals surface area contributed by atoms with E-state index in [-0.39, 0.29) is 18.6 Å². The average molecular weight is 284 g/mol. The molecule has 2 rings (SSSR count). The molecule has 20 heavy (non-hydrogen) atoms. The van der Waals surface area contributed by atoms with Crippen LogP contribution in [-0.2, 0) is 4.74 Å². The van der Waals surface area contributed by atoms with Gasteiger partial charge >= 0.3 is 5.69 Å². The molecule has 0 aliphatic carbocycles. The summed E-state index contributed by atoms with van der Waals surface area (Å²) in [6, 6.07) is 0. The molecule has 0 spiro atoms. The summed E-state index contributed by atoms with van der Waals surface area (Å²) in [6.45, 7) is 2.22. The molecule has 2 N–H and O–H groups in total. The van der Waals surface area contributed by atoms with Crippen LogP contribution in [0.2, 0.25) is 0 Å². The minimum Gasteiger partial charge on any atom is -0.394 e. The van der Waals surface area contributed by atoms with Crippen LogP contribution >= 0.6 is 0 Å². The number of rotatable bonds is 2. The lowest BCUT2D eigenvalue weighted by atomic mass is 10.2. The Morgan fingerprint density at radius 1 is 1.50 bits per heavy atom. The highest BCUT2D eigenvalue weighted by atomic mass is 16.5. The molecular formula is C12H16N2O6. The van der Waals surface area contributed by atoms with Gasteiger partial charge in [0, 0.05) is 25.1 Å². The third-order valence-corrected chi connectivity index (χ3v) is 3.29. The first-order chi connectivity index (χ1) is 9.36. The van der Waals surface area contributed by atoms with Gasteiger partial charge in [0.05, 0.1) is 12.7 Å². The smallest absolute Gasteiger partial charge is 0.340 e. The number of hydrogen-bond acceptors (Lipinski definition) is 6. The van der Waals surface area contributed by atoms with Crippen molar-refractivity contribution in [3.8, 4) is 0 Å². The molecule has 1 saturated heterocycles. The predicted octanol–water partition coefficient (Wildman–Crippen LogP) is -1.38. The molecule has 1 aliphatic heterocycles. The Hall–Kier alpha value is -1.77. The maximum Gasteiger partial charge on any atom is 0.340 e. The zero-order valence-electron chi connectivity index (χ0n) is 11.1. The summed E-state index contributed by atoms with van der Waals surface area (Å²) >= 11 is 0. The molecule has 0 radical (unpaired) electrons. The molecule has 8 nitrogen and oxygen atoms in total. The van der Waals surface area contributed by atoms with E-state index < -0.39 is 35.6 Å². The number of aliphatic hydroxyl groups excluding tert-OH is 2. The standard InChI is InChI=1S/C12H16N2O6/c1-6-4-13(10-3-8(17)9(5-15)20-10)12(19)14(7(2)16)11(6)18/h4,8-10,15,17H,3,5H2,1-2H3/t8-,9+,10+/m0/s1. The highest BCUT2D eigenvalue weighted by molar-refractivity contribution is 5.75. The van der Waals surface area contributed by atoms with Crippen LogP contribution in [0.3, 0.4) is 0 Å². The number of aryl methyl sites for hydroxylation is 1. The van der Waals surface area contributed by atoms with Crippen molar-refractivity contribution in [1.82, 2.24) is 9.13 Å². The number of nitrogens with zero attached hydrogens (tertiary/aromatic N) is 2. The Morgan fingerprint density at radius 2 is 2.15 bits per heavy atom. The molecule has 1 aromatic rings. The van der Waals surface area contributed by atoms with E-state index in [0.717, 1.165) is 11.5 Å². The number of carbonyl (C=O) groups excluding carboxylic acids is 1. The summed E-state index contributed by atoms with van der Waals surface area (Å²) in [5, 5.41) is 18.7. The predicted molar refractivity (Wildman–Crippen MR) is 67.6 cm³/mol. The van der Waals surface area contributed by atoms with E-state index in [1.165, 1.54) is 13.1 Å². The van der Waals surface area contributed by atoms with E-state index in [0.29, 0.717) is 4.57 Å². The molecule has 1 aliphatic rings. The first-order valence-electron chi connectivity index (χ1n) is 6.17. The van der Waals surface area contributed by atoms with Crippen molar-refractivity contribution in [2.24, 2.45) is 0 Å². The number of hydrogen-bond donors (Lipinski definition) is 2.